The van der Waals surface area contributed by atoms with Crippen LogP contribution in [0.15, 0.2) is 24.3 Å². The smallest absolute Gasteiger partial charge is 0.198 e. The lowest BCUT2D eigenvalue weighted by atomic mass is 10.0. The van der Waals surface area contributed by atoms with E-state index in [0.717, 1.165) is 0 Å². The summed E-state index contributed by atoms with van der Waals surface area (Å²) in [6.07, 6.45) is 0. The highest BCUT2D eigenvalue weighted by Gasteiger charge is 2.33. The molecule has 0 saturated carbocycles. The van der Waals surface area contributed by atoms with Crippen molar-refractivity contribution in [3.63, 3.8) is 0 Å². The van der Waals surface area contributed by atoms with Gasteiger partial charge in [-0.15, -0.1) is 0 Å². The van der Waals surface area contributed by atoms with E-state index in [4.69, 9.17) is 11.6 Å². The van der Waals surface area contributed by atoms with Crippen molar-refractivity contribution in [1.29, 1.82) is 0 Å². The zero-order valence-corrected chi connectivity index (χ0v) is 10.2. The molecule has 0 spiro atoms. The number of halogens is 2. The molecule has 0 saturated heterocycles. The van der Waals surface area contributed by atoms with Crippen LogP contribution in [0.5, 0.6) is 5.75 Å². The van der Waals surface area contributed by atoms with Crippen molar-refractivity contribution < 1.29 is 14.3 Å². The molecule has 0 atom stereocenters. The van der Waals surface area contributed by atoms with E-state index in [1.807, 2.05) is 0 Å². The molecule has 1 N–H and O–H groups in total. The van der Waals surface area contributed by atoms with E-state index in [0.29, 0.717) is 21.7 Å². The molecule has 0 aromatic heterocycles. The highest BCUT2D eigenvalue weighted by molar-refractivity contribution is 6.32. The molecule has 4 heteroatoms. The van der Waals surface area contributed by atoms with Crippen LogP contribution in [0.4, 0.5) is 4.39 Å². The monoisotopic (exact) mass is 262 g/mol. The Morgan fingerprint density at radius 1 is 1.17 bits per heavy atom. The Morgan fingerprint density at radius 2 is 1.89 bits per heavy atom. The van der Waals surface area contributed by atoms with Gasteiger partial charge in [-0.2, -0.15) is 0 Å². The highest BCUT2D eigenvalue weighted by atomic mass is 35.5. The average Bonchev–Trinajstić information content (AvgIpc) is 2.60. The average molecular weight is 263 g/mol. The van der Waals surface area contributed by atoms with Crippen molar-refractivity contribution >= 4 is 17.4 Å². The number of carbonyl (C=O) groups excluding carboxylic acids is 1. The van der Waals surface area contributed by atoms with Gasteiger partial charge in [0.25, 0.3) is 0 Å². The summed E-state index contributed by atoms with van der Waals surface area (Å²) in [5.74, 6) is -1.06. The Hall–Kier alpha value is -1.87. The second-order valence-electron chi connectivity index (χ2n) is 4.30. The molecule has 2 aromatic rings. The van der Waals surface area contributed by atoms with Crippen LogP contribution in [0.2, 0.25) is 5.02 Å². The Labute approximate surface area is 108 Å². The molecule has 2 nitrogen and oxygen atoms in total. The van der Waals surface area contributed by atoms with E-state index in [9.17, 15) is 14.3 Å². The number of rotatable bonds is 0. The van der Waals surface area contributed by atoms with E-state index in [1.165, 1.54) is 12.1 Å². The van der Waals surface area contributed by atoms with Crippen LogP contribution in [0.25, 0.3) is 11.1 Å². The molecule has 0 unspecified atom stereocenters. The molecule has 0 fully saturated rings. The van der Waals surface area contributed by atoms with Gasteiger partial charge in [-0.3, -0.25) is 4.79 Å². The van der Waals surface area contributed by atoms with E-state index in [1.54, 1.807) is 19.1 Å². The maximum absolute atomic E-state index is 14.1. The van der Waals surface area contributed by atoms with Gasteiger partial charge in [-0.05, 0) is 36.2 Å². The first-order valence-corrected chi connectivity index (χ1v) is 5.75. The molecule has 18 heavy (non-hydrogen) atoms. The van der Waals surface area contributed by atoms with Gasteiger partial charge >= 0.3 is 0 Å². The fraction of sp³-hybridized carbons (Fsp3) is 0.0714. The van der Waals surface area contributed by atoms with Gasteiger partial charge in [0, 0.05) is 16.1 Å². The summed E-state index contributed by atoms with van der Waals surface area (Å²) in [7, 11) is 0. The third-order valence-corrected chi connectivity index (χ3v) is 3.38. The Bertz CT molecular complexity index is 707. The number of phenols is 1. The number of hydrogen-bond donors (Lipinski definition) is 1. The molecular weight excluding hydrogens is 255 g/mol. The van der Waals surface area contributed by atoms with Crippen molar-refractivity contribution in [2.45, 2.75) is 6.92 Å². The second kappa shape index (κ2) is 3.56. The van der Waals surface area contributed by atoms with Crippen LogP contribution in [0, 0.1) is 12.7 Å². The minimum Gasteiger partial charge on any atom is -0.507 e. The van der Waals surface area contributed by atoms with Crippen LogP contribution >= 0.6 is 11.6 Å². The molecule has 1 aliphatic rings. The summed E-state index contributed by atoms with van der Waals surface area (Å²) < 4.78 is 14.1. The summed E-state index contributed by atoms with van der Waals surface area (Å²) in [4.78, 5) is 12.1. The normalized spacial score (nSPS) is 12.5. The molecule has 1 aliphatic carbocycles. The Morgan fingerprint density at radius 3 is 2.61 bits per heavy atom. The van der Waals surface area contributed by atoms with Crippen molar-refractivity contribution in [3.8, 4) is 16.9 Å². The number of fused-ring (bicyclic) bond motifs is 3. The maximum Gasteiger partial charge on any atom is 0.198 e. The zero-order valence-electron chi connectivity index (χ0n) is 9.42. The highest BCUT2D eigenvalue weighted by Crippen LogP contribution is 2.44. The van der Waals surface area contributed by atoms with Gasteiger partial charge in [0.05, 0.1) is 5.56 Å². The summed E-state index contributed by atoms with van der Waals surface area (Å²) in [6.45, 7) is 1.55. The third kappa shape index (κ3) is 1.31. The number of phenolic OH excluding ortho intramolecular Hbond substituents is 1. The van der Waals surface area contributed by atoms with E-state index >= 15 is 0 Å². The zero-order chi connectivity index (χ0) is 13.0. The maximum atomic E-state index is 14.1. The van der Waals surface area contributed by atoms with Crippen LogP contribution in [-0.4, -0.2) is 10.9 Å². The number of hydrogen-bond acceptors (Lipinski definition) is 2. The van der Waals surface area contributed by atoms with E-state index < -0.39 is 5.82 Å². The molecule has 2 aromatic carbocycles. The molecule has 0 heterocycles. The van der Waals surface area contributed by atoms with Gasteiger partial charge in [-0.25, -0.2) is 4.39 Å². The third-order valence-electron chi connectivity index (χ3n) is 3.15. The van der Waals surface area contributed by atoms with E-state index in [-0.39, 0.29) is 22.7 Å². The largest absolute Gasteiger partial charge is 0.507 e. The lowest BCUT2D eigenvalue weighted by Gasteiger charge is -2.06. The Balaban J connectivity index is 2.45. The molecule has 0 aliphatic heterocycles. The standard InChI is InChI=1S/C14H8ClFO2/c1-6-4-10(17)12-11(13(6)16)8-3-2-7(15)5-9(8)14(12)18/h2-5,17H,1H3. The first-order valence-electron chi connectivity index (χ1n) is 5.37. The molecule has 90 valence electrons. The number of ketones is 1. The summed E-state index contributed by atoms with van der Waals surface area (Å²) >= 11 is 5.83. The van der Waals surface area contributed by atoms with Gasteiger partial charge in [0.15, 0.2) is 5.78 Å². The van der Waals surface area contributed by atoms with Crippen molar-refractivity contribution in [3.05, 3.63) is 51.8 Å². The lowest BCUT2D eigenvalue weighted by molar-refractivity contribution is 0.104. The summed E-state index contributed by atoms with van der Waals surface area (Å²) in [5.41, 5.74) is 1.31. The molecular formula is C14H8ClFO2. The van der Waals surface area contributed by atoms with Crippen LogP contribution in [0.1, 0.15) is 21.5 Å². The van der Waals surface area contributed by atoms with Gasteiger partial charge in [0.1, 0.15) is 11.6 Å². The summed E-state index contributed by atoms with van der Waals surface area (Å²) in [6, 6.07) is 5.96. The predicted octanol–water partition coefficient (Wildman–Crippen LogP) is 3.70. The quantitative estimate of drug-likeness (QED) is 0.671. The minimum absolute atomic E-state index is 0.0235. The lowest BCUT2D eigenvalue weighted by Crippen LogP contribution is -1.97. The van der Waals surface area contributed by atoms with Crippen molar-refractivity contribution in [1.82, 2.24) is 0 Å². The minimum atomic E-state index is -0.475. The van der Waals surface area contributed by atoms with Gasteiger partial charge in [-0.1, -0.05) is 17.7 Å². The first-order chi connectivity index (χ1) is 8.50. The molecule has 0 amide bonds. The number of benzene rings is 2. The van der Waals surface area contributed by atoms with E-state index in [2.05, 4.69) is 0 Å². The second-order valence-corrected chi connectivity index (χ2v) is 4.73. The fourth-order valence-corrected chi connectivity index (χ4v) is 2.49. The molecule has 0 radical (unpaired) electrons. The molecule has 3 rings (SSSR count). The number of aromatic hydroxyl groups is 1. The SMILES string of the molecule is Cc1cc(O)c2c(c1F)-c1ccc(Cl)cc1C2=O. The van der Waals surface area contributed by atoms with Crippen LogP contribution < -0.4 is 0 Å². The number of aryl methyl sites for hydroxylation is 1. The van der Waals surface area contributed by atoms with Crippen LogP contribution in [0.3, 0.4) is 0 Å². The predicted molar refractivity (Wildman–Crippen MR) is 66.7 cm³/mol. The van der Waals surface area contributed by atoms with Gasteiger partial charge < -0.3 is 5.11 Å². The topological polar surface area (TPSA) is 37.3 Å². The molecule has 0 bridgehead atoms. The fourth-order valence-electron chi connectivity index (χ4n) is 2.32. The Kier molecular flexibility index (Phi) is 2.22. The van der Waals surface area contributed by atoms with Crippen molar-refractivity contribution in [2.75, 3.05) is 0 Å². The van der Waals surface area contributed by atoms with Crippen LogP contribution in [-0.2, 0) is 0 Å². The van der Waals surface area contributed by atoms with Gasteiger partial charge in [0.2, 0.25) is 0 Å². The van der Waals surface area contributed by atoms with Crippen molar-refractivity contribution in [2.24, 2.45) is 0 Å². The summed E-state index contributed by atoms with van der Waals surface area (Å²) in [5, 5.41) is 10.2. The number of carbonyl (C=O) groups is 1. The first kappa shape index (κ1) is 11.2.